The number of hydrogen-bond donors (Lipinski definition) is 1. The molecule has 1 nitrogen and oxygen atoms in total. The molecule has 1 rings (SSSR count). The average molecular weight is 197 g/mol. The molecule has 0 aliphatic heterocycles. The Hall–Kier alpha value is -0.0400. The van der Waals surface area contributed by atoms with E-state index in [9.17, 15) is 0 Å². The van der Waals surface area contributed by atoms with E-state index in [1.54, 1.807) is 0 Å². The topological polar surface area (TPSA) is 26.0 Å². The van der Waals surface area contributed by atoms with E-state index in [0.29, 0.717) is 0 Å². The quantitative estimate of drug-likeness (QED) is 0.714. The van der Waals surface area contributed by atoms with Crippen LogP contribution < -0.4 is 5.73 Å². The van der Waals surface area contributed by atoms with Crippen molar-refractivity contribution in [3.63, 3.8) is 0 Å². The molecule has 2 N–H and O–H groups in total. The first kappa shape index (κ1) is 12.0. The van der Waals surface area contributed by atoms with Gasteiger partial charge >= 0.3 is 0 Å². The van der Waals surface area contributed by atoms with Gasteiger partial charge in [0.25, 0.3) is 0 Å². The van der Waals surface area contributed by atoms with Crippen LogP contribution in [-0.2, 0) is 0 Å². The van der Waals surface area contributed by atoms with Crippen molar-refractivity contribution < 1.29 is 0 Å². The van der Waals surface area contributed by atoms with Crippen molar-refractivity contribution in [3.8, 4) is 0 Å². The Morgan fingerprint density at radius 1 is 1.29 bits per heavy atom. The smallest absolute Gasteiger partial charge is 0.0159 e. The second-order valence-corrected chi connectivity index (χ2v) is 5.27. The highest BCUT2D eigenvalue weighted by Gasteiger charge is 2.35. The normalized spacial score (nSPS) is 32.8. The molecular formula is C13H27N. The van der Waals surface area contributed by atoms with Gasteiger partial charge in [0.1, 0.15) is 0 Å². The van der Waals surface area contributed by atoms with Crippen LogP contribution in [0.2, 0.25) is 0 Å². The molecule has 1 heteroatoms. The summed E-state index contributed by atoms with van der Waals surface area (Å²) < 4.78 is 0. The lowest BCUT2D eigenvalue weighted by Crippen LogP contribution is -2.38. The molecule has 1 aliphatic carbocycles. The maximum atomic E-state index is 6.48. The highest BCUT2D eigenvalue weighted by Crippen LogP contribution is 2.39. The summed E-state index contributed by atoms with van der Waals surface area (Å²) in [5.74, 6) is 1.77. The maximum absolute atomic E-state index is 6.48. The molecule has 0 aromatic rings. The van der Waals surface area contributed by atoms with E-state index in [0.717, 1.165) is 11.8 Å². The van der Waals surface area contributed by atoms with Gasteiger partial charge in [-0.15, -0.1) is 0 Å². The highest BCUT2D eigenvalue weighted by atomic mass is 14.8. The molecule has 0 aromatic heterocycles. The largest absolute Gasteiger partial charge is 0.325 e. The van der Waals surface area contributed by atoms with E-state index < -0.39 is 0 Å². The zero-order valence-electron chi connectivity index (χ0n) is 10.2. The molecule has 0 amide bonds. The molecule has 0 heterocycles. The molecule has 84 valence electrons. The molecule has 0 bridgehead atoms. The third-order valence-corrected chi connectivity index (χ3v) is 4.17. The molecule has 0 radical (unpaired) electrons. The minimum Gasteiger partial charge on any atom is -0.325 e. The van der Waals surface area contributed by atoms with Gasteiger partial charge in [0.05, 0.1) is 0 Å². The van der Waals surface area contributed by atoms with Gasteiger partial charge in [-0.05, 0) is 37.5 Å². The number of rotatable bonds is 5. The van der Waals surface area contributed by atoms with Crippen LogP contribution in [0.25, 0.3) is 0 Å². The molecular weight excluding hydrogens is 170 g/mol. The Kier molecular flexibility index (Phi) is 4.43. The van der Waals surface area contributed by atoms with Crippen LogP contribution in [0, 0.1) is 11.8 Å². The minimum atomic E-state index is 0.192. The van der Waals surface area contributed by atoms with Gasteiger partial charge < -0.3 is 5.73 Å². The fourth-order valence-electron chi connectivity index (χ4n) is 2.96. The SMILES string of the molecule is CCC(CC)CC1(N)CCC(CC)C1. The Labute approximate surface area is 89.5 Å². The first-order valence-corrected chi connectivity index (χ1v) is 6.42. The fraction of sp³-hybridized carbons (Fsp3) is 1.00. The number of nitrogens with two attached hydrogens (primary N) is 1. The molecule has 0 aromatic carbocycles. The van der Waals surface area contributed by atoms with E-state index in [4.69, 9.17) is 5.73 Å². The van der Waals surface area contributed by atoms with Crippen LogP contribution in [0.1, 0.15) is 65.7 Å². The Morgan fingerprint density at radius 2 is 1.93 bits per heavy atom. The molecule has 0 spiro atoms. The van der Waals surface area contributed by atoms with Crippen LogP contribution >= 0.6 is 0 Å². The summed E-state index contributed by atoms with van der Waals surface area (Å²) in [7, 11) is 0. The van der Waals surface area contributed by atoms with Crippen molar-refractivity contribution in [1.82, 2.24) is 0 Å². The van der Waals surface area contributed by atoms with Crippen LogP contribution in [0.5, 0.6) is 0 Å². The average Bonchev–Trinajstić information content (AvgIpc) is 2.57. The van der Waals surface area contributed by atoms with Crippen molar-refractivity contribution in [1.29, 1.82) is 0 Å². The lowest BCUT2D eigenvalue weighted by Gasteiger charge is -2.28. The van der Waals surface area contributed by atoms with Gasteiger partial charge in [-0.25, -0.2) is 0 Å². The first-order valence-electron chi connectivity index (χ1n) is 6.42. The Morgan fingerprint density at radius 3 is 2.36 bits per heavy atom. The van der Waals surface area contributed by atoms with Crippen molar-refractivity contribution in [2.45, 2.75) is 71.3 Å². The van der Waals surface area contributed by atoms with Crippen LogP contribution in [0.3, 0.4) is 0 Å². The molecule has 1 aliphatic rings. The second-order valence-electron chi connectivity index (χ2n) is 5.27. The van der Waals surface area contributed by atoms with E-state index >= 15 is 0 Å². The summed E-state index contributed by atoms with van der Waals surface area (Å²) in [4.78, 5) is 0. The standard InChI is InChI=1S/C13H27N/c1-4-11(5-2)9-13(14)8-7-12(6-3)10-13/h11-12H,4-10,14H2,1-3H3. The van der Waals surface area contributed by atoms with E-state index in [2.05, 4.69) is 20.8 Å². The summed E-state index contributed by atoms with van der Waals surface area (Å²) in [6.07, 6.45) is 9.09. The van der Waals surface area contributed by atoms with Crippen LogP contribution in [-0.4, -0.2) is 5.54 Å². The summed E-state index contributed by atoms with van der Waals surface area (Å²) >= 11 is 0. The summed E-state index contributed by atoms with van der Waals surface area (Å²) in [5, 5.41) is 0. The van der Waals surface area contributed by atoms with Gasteiger partial charge in [-0.3, -0.25) is 0 Å². The van der Waals surface area contributed by atoms with Crippen LogP contribution in [0.4, 0.5) is 0 Å². The van der Waals surface area contributed by atoms with Gasteiger partial charge in [0.2, 0.25) is 0 Å². The van der Waals surface area contributed by atoms with E-state index in [1.807, 2.05) is 0 Å². The van der Waals surface area contributed by atoms with Gasteiger partial charge in [-0.1, -0.05) is 40.0 Å². The second kappa shape index (κ2) is 5.16. The summed E-state index contributed by atoms with van der Waals surface area (Å²) in [6.45, 7) is 6.89. The molecule has 1 fully saturated rings. The van der Waals surface area contributed by atoms with Crippen molar-refractivity contribution >= 4 is 0 Å². The predicted octanol–water partition coefficient (Wildman–Crippen LogP) is 3.72. The van der Waals surface area contributed by atoms with Crippen molar-refractivity contribution in [2.75, 3.05) is 0 Å². The van der Waals surface area contributed by atoms with E-state index in [-0.39, 0.29) is 5.54 Å². The highest BCUT2D eigenvalue weighted by molar-refractivity contribution is 4.94. The maximum Gasteiger partial charge on any atom is 0.0159 e. The van der Waals surface area contributed by atoms with Crippen molar-refractivity contribution in [2.24, 2.45) is 17.6 Å². The minimum absolute atomic E-state index is 0.192. The van der Waals surface area contributed by atoms with Crippen LogP contribution in [0.15, 0.2) is 0 Å². The first-order chi connectivity index (χ1) is 6.63. The molecule has 0 saturated heterocycles. The zero-order chi connectivity index (χ0) is 10.6. The summed E-state index contributed by atoms with van der Waals surface area (Å²) in [6, 6.07) is 0. The Balaban J connectivity index is 2.42. The third kappa shape index (κ3) is 2.98. The lowest BCUT2D eigenvalue weighted by molar-refractivity contribution is 0.298. The van der Waals surface area contributed by atoms with Gasteiger partial charge in [0, 0.05) is 5.54 Å². The summed E-state index contributed by atoms with van der Waals surface area (Å²) in [5.41, 5.74) is 6.67. The zero-order valence-corrected chi connectivity index (χ0v) is 10.2. The Bertz CT molecular complexity index is 163. The van der Waals surface area contributed by atoms with Gasteiger partial charge in [-0.2, -0.15) is 0 Å². The number of hydrogen-bond acceptors (Lipinski definition) is 1. The molecule has 14 heavy (non-hydrogen) atoms. The molecule has 2 unspecified atom stereocenters. The lowest BCUT2D eigenvalue weighted by atomic mass is 9.83. The van der Waals surface area contributed by atoms with Gasteiger partial charge in [0.15, 0.2) is 0 Å². The van der Waals surface area contributed by atoms with Crippen molar-refractivity contribution in [3.05, 3.63) is 0 Å². The monoisotopic (exact) mass is 197 g/mol. The molecule has 1 saturated carbocycles. The predicted molar refractivity (Wildman–Crippen MR) is 63.2 cm³/mol. The third-order valence-electron chi connectivity index (χ3n) is 4.17. The van der Waals surface area contributed by atoms with E-state index in [1.165, 1.54) is 44.9 Å². The molecule has 2 atom stereocenters. The fourth-order valence-corrected chi connectivity index (χ4v) is 2.96.